The summed E-state index contributed by atoms with van der Waals surface area (Å²) in [6.45, 7) is 7.67. The molecular weight excluding hydrogens is 174 g/mol. The third kappa shape index (κ3) is 3.38. The van der Waals surface area contributed by atoms with E-state index in [0.717, 1.165) is 26.1 Å². The molecule has 0 bridgehead atoms. The Morgan fingerprint density at radius 2 is 1.64 bits per heavy atom. The van der Waals surface area contributed by atoms with E-state index in [1.165, 1.54) is 5.56 Å². The van der Waals surface area contributed by atoms with Crippen molar-refractivity contribution in [1.29, 1.82) is 0 Å². The molecule has 0 aliphatic carbocycles. The van der Waals surface area contributed by atoms with Crippen LogP contribution >= 0.6 is 0 Å². The molecule has 1 aromatic rings. The van der Waals surface area contributed by atoms with Crippen molar-refractivity contribution >= 4 is 0 Å². The summed E-state index contributed by atoms with van der Waals surface area (Å²) in [7, 11) is 0. The van der Waals surface area contributed by atoms with E-state index in [1.807, 2.05) is 12.1 Å². The van der Waals surface area contributed by atoms with Crippen molar-refractivity contribution in [3.8, 4) is 5.75 Å². The van der Waals surface area contributed by atoms with Gasteiger partial charge in [-0.05, 0) is 37.2 Å². The second-order valence-corrected chi connectivity index (χ2v) is 3.44. The van der Waals surface area contributed by atoms with Crippen LogP contribution in [0.5, 0.6) is 5.75 Å². The molecule has 1 rings (SSSR count). The average molecular weight is 193 g/mol. The van der Waals surface area contributed by atoms with Crippen molar-refractivity contribution < 1.29 is 5.11 Å². The summed E-state index contributed by atoms with van der Waals surface area (Å²) in [4.78, 5) is 2.40. The van der Waals surface area contributed by atoms with Crippen LogP contribution in [0.2, 0.25) is 0 Å². The fourth-order valence-corrected chi connectivity index (χ4v) is 1.49. The lowest BCUT2D eigenvalue weighted by Gasteiger charge is -2.17. The molecule has 0 saturated carbocycles. The van der Waals surface area contributed by atoms with E-state index < -0.39 is 0 Å². The highest BCUT2D eigenvalue weighted by Gasteiger charge is 1.99. The van der Waals surface area contributed by atoms with Gasteiger partial charge in [0, 0.05) is 6.54 Å². The minimum absolute atomic E-state index is 0.344. The van der Waals surface area contributed by atoms with Gasteiger partial charge in [0.1, 0.15) is 5.75 Å². The Kier molecular flexibility index (Phi) is 4.47. The number of rotatable bonds is 5. The Balaban J connectivity index is 2.41. The molecule has 78 valence electrons. The Labute approximate surface area is 86.2 Å². The first-order chi connectivity index (χ1) is 6.76. The van der Waals surface area contributed by atoms with Crippen LogP contribution in [0, 0.1) is 0 Å². The Morgan fingerprint density at radius 1 is 1.07 bits per heavy atom. The van der Waals surface area contributed by atoms with Crippen LogP contribution in [0.25, 0.3) is 0 Å². The number of phenolic OH excluding ortho intramolecular Hbond substituents is 1. The van der Waals surface area contributed by atoms with Crippen LogP contribution in [-0.2, 0) is 6.42 Å². The van der Waals surface area contributed by atoms with Crippen molar-refractivity contribution in [3.05, 3.63) is 29.8 Å². The summed E-state index contributed by atoms with van der Waals surface area (Å²) in [5.41, 5.74) is 1.29. The Morgan fingerprint density at radius 3 is 2.14 bits per heavy atom. The molecular formula is C12H19NO. The fraction of sp³-hybridized carbons (Fsp3) is 0.500. The third-order valence-electron chi connectivity index (χ3n) is 2.55. The highest BCUT2D eigenvalue weighted by Crippen LogP contribution is 2.10. The summed E-state index contributed by atoms with van der Waals surface area (Å²) in [5.74, 6) is 0.344. The molecule has 1 N–H and O–H groups in total. The zero-order valence-electron chi connectivity index (χ0n) is 9.03. The first-order valence-corrected chi connectivity index (χ1v) is 5.26. The van der Waals surface area contributed by atoms with Gasteiger partial charge >= 0.3 is 0 Å². The molecule has 0 aliphatic rings. The minimum Gasteiger partial charge on any atom is -0.508 e. The molecule has 0 spiro atoms. The predicted octanol–water partition coefficient (Wildman–Crippen LogP) is 2.28. The maximum atomic E-state index is 9.12. The number of hydrogen-bond acceptors (Lipinski definition) is 2. The standard InChI is InChI=1S/C12H19NO/c1-3-13(4-2)10-9-11-5-7-12(14)8-6-11/h5-8,14H,3-4,9-10H2,1-2H3. The number of hydrogen-bond donors (Lipinski definition) is 1. The molecule has 14 heavy (non-hydrogen) atoms. The highest BCUT2D eigenvalue weighted by atomic mass is 16.3. The Bertz CT molecular complexity index is 252. The van der Waals surface area contributed by atoms with Crippen LogP contribution in [0.4, 0.5) is 0 Å². The van der Waals surface area contributed by atoms with E-state index in [4.69, 9.17) is 5.11 Å². The molecule has 0 fully saturated rings. The minimum atomic E-state index is 0.344. The topological polar surface area (TPSA) is 23.5 Å². The van der Waals surface area contributed by atoms with Gasteiger partial charge in [0.25, 0.3) is 0 Å². The molecule has 0 unspecified atom stereocenters. The number of phenols is 1. The maximum Gasteiger partial charge on any atom is 0.115 e. The maximum absolute atomic E-state index is 9.12. The molecule has 2 nitrogen and oxygen atoms in total. The summed E-state index contributed by atoms with van der Waals surface area (Å²) in [6, 6.07) is 7.47. The molecule has 0 aliphatic heterocycles. The lowest BCUT2D eigenvalue weighted by molar-refractivity contribution is 0.308. The second-order valence-electron chi connectivity index (χ2n) is 3.44. The number of benzene rings is 1. The number of nitrogens with zero attached hydrogens (tertiary/aromatic N) is 1. The summed E-state index contributed by atoms with van der Waals surface area (Å²) >= 11 is 0. The van der Waals surface area contributed by atoms with Crippen molar-refractivity contribution in [3.63, 3.8) is 0 Å². The number of aromatic hydroxyl groups is 1. The molecule has 0 amide bonds. The average Bonchev–Trinajstić information content (AvgIpc) is 2.22. The molecule has 1 aromatic carbocycles. The van der Waals surface area contributed by atoms with E-state index in [2.05, 4.69) is 18.7 Å². The SMILES string of the molecule is CCN(CC)CCc1ccc(O)cc1. The third-order valence-corrected chi connectivity index (χ3v) is 2.55. The lowest BCUT2D eigenvalue weighted by Crippen LogP contribution is -2.25. The van der Waals surface area contributed by atoms with Crippen molar-refractivity contribution in [1.82, 2.24) is 4.90 Å². The number of likely N-dealkylation sites (N-methyl/N-ethyl adjacent to an activating group) is 1. The smallest absolute Gasteiger partial charge is 0.115 e. The Hall–Kier alpha value is -1.02. The van der Waals surface area contributed by atoms with Gasteiger partial charge in [0.15, 0.2) is 0 Å². The van der Waals surface area contributed by atoms with Gasteiger partial charge in [-0.1, -0.05) is 26.0 Å². The predicted molar refractivity (Wildman–Crippen MR) is 59.6 cm³/mol. The van der Waals surface area contributed by atoms with Crippen molar-refractivity contribution in [2.45, 2.75) is 20.3 Å². The van der Waals surface area contributed by atoms with E-state index in [-0.39, 0.29) is 0 Å². The summed E-state index contributed by atoms with van der Waals surface area (Å²) in [6.07, 6.45) is 1.06. The van der Waals surface area contributed by atoms with E-state index in [0.29, 0.717) is 5.75 Å². The summed E-state index contributed by atoms with van der Waals surface area (Å²) < 4.78 is 0. The van der Waals surface area contributed by atoms with Gasteiger partial charge in [0.2, 0.25) is 0 Å². The molecule has 2 heteroatoms. The van der Waals surface area contributed by atoms with Gasteiger partial charge in [-0.25, -0.2) is 0 Å². The van der Waals surface area contributed by atoms with E-state index in [9.17, 15) is 0 Å². The first kappa shape index (κ1) is 11.1. The van der Waals surface area contributed by atoms with Gasteiger partial charge in [-0.3, -0.25) is 0 Å². The monoisotopic (exact) mass is 193 g/mol. The van der Waals surface area contributed by atoms with Gasteiger partial charge < -0.3 is 10.0 Å². The largest absolute Gasteiger partial charge is 0.508 e. The van der Waals surface area contributed by atoms with Gasteiger partial charge in [-0.15, -0.1) is 0 Å². The van der Waals surface area contributed by atoms with E-state index in [1.54, 1.807) is 12.1 Å². The zero-order valence-corrected chi connectivity index (χ0v) is 9.03. The molecule has 0 aromatic heterocycles. The van der Waals surface area contributed by atoms with Crippen LogP contribution < -0.4 is 0 Å². The highest BCUT2D eigenvalue weighted by molar-refractivity contribution is 5.25. The normalized spacial score (nSPS) is 10.8. The quantitative estimate of drug-likeness (QED) is 0.775. The fourth-order valence-electron chi connectivity index (χ4n) is 1.49. The molecule has 0 atom stereocenters. The van der Waals surface area contributed by atoms with Gasteiger partial charge in [-0.2, -0.15) is 0 Å². The van der Waals surface area contributed by atoms with Crippen LogP contribution in [0.3, 0.4) is 0 Å². The lowest BCUT2D eigenvalue weighted by atomic mass is 10.1. The molecule has 0 radical (unpaired) electrons. The van der Waals surface area contributed by atoms with E-state index >= 15 is 0 Å². The van der Waals surface area contributed by atoms with Crippen molar-refractivity contribution in [2.75, 3.05) is 19.6 Å². The first-order valence-electron chi connectivity index (χ1n) is 5.26. The van der Waals surface area contributed by atoms with Crippen LogP contribution in [-0.4, -0.2) is 29.6 Å². The van der Waals surface area contributed by atoms with Crippen LogP contribution in [0.1, 0.15) is 19.4 Å². The second kappa shape index (κ2) is 5.66. The van der Waals surface area contributed by atoms with Gasteiger partial charge in [0.05, 0.1) is 0 Å². The molecule has 0 heterocycles. The van der Waals surface area contributed by atoms with Crippen molar-refractivity contribution in [2.24, 2.45) is 0 Å². The summed E-state index contributed by atoms with van der Waals surface area (Å²) in [5, 5.41) is 9.12. The zero-order chi connectivity index (χ0) is 10.4. The molecule has 0 saturated heterocycles. The van der Waals surface area contributed by atoms with Crippen LogP contribution in [0.15, 0.2) is 24.3 Å².